The topological polar surface area (TPSA) is 84.2 Å². The Morgan fingerprint density at radius 3 is 2.29 bits per heavy atom. The lowest BCUT2D eigenvalue weighted by Gasteiger charge is -2.39. The van der Waals surface area contributed by atoms with Crippen molar-refractivity contribution in [3.63, 3.8) is 0 Å². The van der Waals surface area contributed by atoms with Crippen LogP contribution >= 0.6 is 12.2 Å². The highest BCUT2D eigenvalue weighted by molar-refractivity contribution is 7.87. The first-order chi connectivity index (χ1) is 9.50. The molecule has 0 saturated heterocycles. The van der Waals surface area contributed by atoms with Crippen LogP contribution in [0.5, 0.6) is 0 Å². The molecule has 0 atom stereocenters. The molecule has 4 N–H and O–H groups in total. The van der Waals surface area contributed by atoms with E-state index in [1.807, 2.05) is 6.92 Å². The number of nitrogens with two attached hydrogens (primary N) is 1. The van der Waals surface area contributed by atoms with Gasteiger partial charge in [0.15, 0.2) is 0 Å². The number of thiocarbonyl (C=S) groups is 1. The maximum Gasteiger partial charge on any atom is 0.402 e. The summed E-state index contributed by atoms with van der Waals surface area (Å²) in [5, 5.41) is 0. The average molecular weight is 347 g/mol. The maximum atomic E-state index is 12.1. The van der Waals surface area contributed by atoms with Crippen LogP contribution in [0.15, 0.2) is 0 Å². The Kier molecular flexibility index (Phi) is 5.99. The van der Waals surface area contributed by atoms with Crippen molar-refractivity contribution < 1.29 is 21.6 Å². The Balaban J connectivity index is 2.77. The molecular weight excluding hydrogens is 327 g/mol. The second-order valence-electron chi connectivity index (χ2n) is 5.34. The predicted molar refractivity (Wildman–Crippen MR) is 77.9 cm³/mol. The van der Waals surface area contributed by atoms with E-state index in [4.69, 9.17) is 18.0 Å². The molecule has 1 fully saturated rings. The fourth-order valence-corrected chi connectivity index (χ4v) is 4.02. The Bertz CT molecular complexity index is 472. The lowest BCUT2D eigenvalue weighted by atomic mass is 9.76. The minimum atomic E-state index is -4.62. The van der Waals surface area contributed by atoms with Crippen molar-refractivity contribution in [2.45, 2.75) is 50.7 Å². The fraction of sp³-hybridized carbons (Fsp3) is 0.909. The van der Waals surface area contributed by atoms with Gasteiger partial charge in [-0.1, -0.05) is 25.6 Å². The third kappa shape index (κ3) is 5.68. The minimum Gasteiger partial charge on any atom is -0.392 e. The zero-order chi connectivity index (χ0) is 16.3. The molecule has 0 aliphatic heterocycles. The van der Waals surface area contributed by atoms with Gasteiger partial charge in [-0.2, -0.15) is 31.0 Å². The number of rotatable bonds is 6. The van der Waals surface area contributed by atoms with Gasteiger partial charge in [-0.25, -0.2) is 0 Å². The van der Waals surface area contributed by atoms with E-state index in [2.05, 4.69) is 4.72 Å². The molecule has 0 bridgehead atoms. The summed E-state index contributed by atoms with van der Waals surface area (Å²) in [6, 6.07) is 0. The van der Waals surface area contributed by atoms with Gasteiger partial charge in [0, 0.05) is 0 Å². The summed E-state index contributed by atoms with van der Waals surface area (Å²) in [7, 11) is -4.33. The van der Waals surface area contributed by atoms with Crippen LogP contribution in [-0.2, 0) is 10.2 Å². The molecule has 1 rings (SSSR count). The van der Waals surface area contributed by atoms with Crippen molar-refractivity contribution in [2.24, 2.45) is 11.7 Å². The Hall–Kier alpha value is -0.450. The van der Waals surface area contributed by atoms with Crippen molar-refractivity contribution in [3.8, 4) is 0 Å². The number of hydrogen-bond acceptors (Lipinski definition) is 3. The highest BCUT2D eigenvalue weighted by atomic mass is 32.2. The zero-order valence-corrected chi connectivity index (χ0v) is 13.3. The third-order valence-electron chi connectivity index (χ3n) is 3.80. The van der Waals surface area contributed by atoms with Gasteiger partial charge in [0.1, 0.15) is 6.54 Å². The van der Waals surface area contributed by atoms with Gasteiger partial charge in [-0.3, -0.25) is 0 Å². The second kappa shape index (κ2) is 6.76. The first-order valence-electron chi connectivity index (χ1n) is 6.65. The van der Waals surface area contributed by atoms with E-state index in [1.54, 1.807) is 0 Å². The van der Waals surface area contributed by atoms with E-state index in [0.717, 1.165) is 19.3 Å². The number of alkyl halides is 3. The molecule has 0 amide bonds. The number of halogens is 3. The van der Waals surface area contributed by atoms with E-state index < -0.39 is 28.5 Å². The molecule has 0 aromatic heterocycles. The molecule has 1 aliphatic rings. The van der Waals surface area contributed by atoms with Gasteiger partial charge in [0.25, 0.3) is 10.2 Å². The van der Waals surface area contributed by atoms with Gasteiger partial charge in [-0.05, 0) is 31.6 Å². The molecule has 0 aromatic rings. The fourth-order valence-electron chi connectivity index (χ4n) is 2.45. The van der Waals surface area contributed by atoms with Crippen LogP contribution in [0, 0.1) is 5.92 Å². The first kappa shape index (κ1) is 18.6. The quantitative estimate of drug-likeness (QED) is 0.637. The minimum absolute atomic E-state index is 0.0329. The molecule has 0 radical (unpaired) electrons. The summed E-state index contributed by atoms with van der Waals surface area (Å²) in [4.78, 5) is -0.0329. The number of hydrogen-bond donors (Lipinski definition) is 3. The summed E-state index contributed by atoms with van der Waals surface area (Å²) in [6.07, 6.45) is -1.40. The molecular formula is C11H20F3N3O2S2. The Labute approximate surface area is 128 Å². The highest BCUT2D eigenvalue weighted by Crippen LogP contribution is 2.34. The Morgan fingerprint density at radius 1 is 1.38 bits per heavy atom. The van der Waals surface area contributed by atoms with Crippen LogP contribution < -0.4 is 15.2 Å². The van der Waals surface area contributed by atoms with Crippen molar-refractivity contribution >= 4 is 27.4 Å². The summed E-state index contributed by atoms with van der Waals surface area (Å²) in [6.45, 7) is 0.404. The van der Waals surface area contributed by atoms with Crippen molar-refractivity contribution in [1.29, 1.82) is 0 Å². The SMILES string of the molecule is CCC1CCC(NS(=O)(=O)NCC(F)(F)F)(C(N)=S)CC1. The van der Waals surface area contributed by atoms with E-state index in [-0.39, 0.29) is 4.99 Å². The van der Waals surface area contributed by atoms with Gasteiger partial charge < -0.3 is 5.73 Å². The maximum absolute atomic E-state index is 12.1. The van der Waals surface area contributed by atoms with E-state index in [9.17, 15) is 21.6 Å². The van der Waals surface area contributed by atoms with Crippen LogP contribution in [0.1, 0.15) is 39.0 Å². The summed E-state index contributed by atoms with van der Waals surface area (Å²) >= 11 is 4.93. The monoisotopic (exact) mass is 347 g/mol. The van der Waals surface area contributed by atoms with Gasteiger partial charge in [0.2, 0.25) is 0 Å². The summed E-state index contributed by atoms with van der Waals surface area (Å²) in [5.41, 5.74) is 4.49. The van der Waals surface area contributed by atoms with Gasteiger partial charge >= 0.3 is 6.18 Å². The van der Waals surface area contributed by atoms with E-state index >= 15 is 0 Å². The van der Waals surface area contributed by atoms with Crippen LogP contribution in [0.4, 0.5) is 13.2 Å². The summed E-state index contributed by atoms with van der Waals surface area (Å²) < 4.78 is 63.6. The van der Waals surface area contributed by atoms with Crippen LogP contribution in [-0.4, -0.2) is 31.7 Å². The molecule has 1 saturated carbocycles. The molecule has 10 heteroatoms. The zero-order valence-electron chi connectivity index (χ0n) is 11.7. The molecule has 21 heavy (non-hydrogen) atoms. The third-order valence-corrected chi connectivity index (χ3v) is 5.37. The first-order valence-corrected chi connectivity index (χ1v) is 8.54. The number of nitrogens with one attached hydrogen (secondary N) is 2. The van der Waals surface area contributed by atoms with Gasteiger partial charge in [-0.15, -0.1) is 0 Å². The van der Waals surface area contributed by atoms with Crippen molar-refractivity contribution in [1.82, 2.24) is 9.44 Å². The predicted octanol–water partition coefficient (Wildman–Crippen LogP) is 1.60. The molecule has 124 valence electrons. The van der Waals surface area contributed by atoms with Crippen molar-refractivity contribution in [2.75, 3.05) is 6.54 Å². The molecule has 1 aliphatic carbocycles. The van der Waals surface area contributed by atoms with Crippen LogP contribution in [0.3, 0.4) is 0 Å². The lowest BCUT2D eigenvalue weighted by molar-refractivity contribution is -0.121. The average Bonchev–Trinajstić information content (AvgIpc) is 2.36. The standard InChI is InChI=1S/C11H20F3N3O2S2/c1-2-8-3-5-10(6-4-8,9(15)20)17-21(18,19)16-7-11(12,13)14/h8,16-17H,2-7H2,1H3,(H2,15,20). The smallest absolute Gasteiger partial charge is 0.392 e. The molecule has 0 heterocycles. The van der Waals surface area contributed by atoms with Gasteiger partial charge in [0.05, 0.1) is 10.5 Å². The van der Waals surface area contributed by atoms with E-state index in [1.165, 1.54) is 4.72 Å². The largest absolute Gasteiger partial charge is 0.402 e. The second-order valence-corrected chi connectivity index (χ2v) is 7.28. The van der Waals surface area contributed by atoms with Crippen LogP contribution in [0.2, 0.25) is 0 Å². The van der Waals surface area contributed by atoms with Crippen molar-refractivity contribution in [3.05, 3.63) is 0 Å². The Morgan fingerprint density at radius 2 is 1.90 bits per heavy atom. The highest BCUT2D eigenvalue weighted by Gasteiger charge is 2.41. The molecule has 5 nitrogen and oxygen atoms in total. The normalized spacial score (nSPS) is 27.5. The molecule has 0 spiro atoms. The molecule has 0 aromatic carbocycles. The summed E-state index contributed by atoms with van der Waals surface area (Å²) in [5.74, 6) is 0.458. The molecule has 0 unspecified atom stereocenters. The lowest BCUT2D eigenvalue weighted by Crippen LogP contribution is -2.60. The van der Waals surface area contributed by atoms with E-state index in [0.29, 0.717) is 18.8 Å². The van der Waals surface area contributed by atoms with Crippen LogP contribution in [0.25, 0.3) is 0 Å².